The molecule has 0 heterocycles. The molecule has 0 atom stereocenters. The number of hydrogen-bond donors (Lipinski definition) is 0. The van der Waals surface area contributed by atoms with E-state index in [-0.39, 0.29) is 5.97 Å². The molecular formula is C12H18O2. The molecule has 2 nitrogen and oxygen atoms in total. The minimum absolute atomic E-state index is 0.333. The lowest BCUT2D eigenvalue weighted by Gasteiger charge is -1.98. The van der Waals surface area contributed by atoms with Crippen LogP contribution in [0.1, 0.15) is 39.0 Å². The fourth-order valence-electron chi connectivity index (χ4n) is 0.902. The number of rotatable bonds is 5. The van der Waals surface area contributed by atoms with Crippen molar-refractivity contribution < 1.29 is 9.53 Å². The van der Waals surface area contributed by atoms with Gasteiger partial charge < -0.3 is 4.74 Å². The summed E-state index contributed by atoms with van der Waals surface area (Å²) in [5.41, 5.74) is 0.497. The summed E-state index contributed by atoms with van der Waals surface area (Å²) in [6.07, 6.45) is 4.55. The van der Waals surface area contributed by atoms with Crippen molar-refractivity contribution in [1.82, 2.24) is 0 Å². The SMILES string of the molecule is C=C(CCC#CCCCC)C(=O)OC. The van der Waals surface area contributed by atoms with E-state index in [2.05, 4.69) is 30.1 Å². The van der Waals surface area contributed by atoms with Crippen LogP contribution in [0.4, 0.5) is 0 Å². The molecule has 78 valence electrons. The Morgan fingerprint density at radius 2 is 2.00 bits per heavy atom. The second-order valence-electron chi connectivity index (χ2n) is 3.05. The quantitative estimate of drug-likeness (QED) is 0.291. The fourth-order valence-corrected chi connectivity index (χ4v) is 0.902. The van der Waals surface area contributed by atoms with Crippen molar-refractivity contribution in [3.63, 3.8) is 0 Å². The molecule has 0 radical (unpaired) electrons. The molecule has 0 saturated carbocycles. The van der Waals surface area contributed by atoms with Crippen LogP contribution in [0.2, 0.25) is 0 Å². The molecule has 0 aromatic heterocycles. The standard InChI is InChI=1S/C12H18O2/c1-4-5-6-7-8-9-10-11(2)12(13)14-3/h2,4-6,9-10H2,1,3H3. The number of carbonyl (C=O) groups excluding carboxylic acids is 1. The van der Waals surface area contributed by atoms with E-state index in [0.29, 0.717) is 18.4 Å². The van der Waals surface area contributed by atoms with Crippen molar-refractivity contribution in [2.75, 3.05) is 7.11 Å². The first kappa shape index (κ1) is 12.8. The molecule has 0 saturated heterocycles. The minimum atomic E-state index is -0.333. The molecule has 0 aliphatic carbocycles. The number of carbonyl (C=O) groups is 1. The highest BCUT2D eigenvalue weighted by atomic mass is 16.5. The number of esters is 1. The highest BCUT2D eigenvalue weighted by Crippen LogP contribution is 2.03. The summed E-state index contributed by atoms with van der Waals surface area (Å²) < 4.78 is 4.52. The number of ether oxygens (including phenoxy) is 1. The van der Waals surface area contributed by atoms with Gasteiger partial charge in [0.25, 0.3) is 0 Å². The largest absolute Gasteiger partial charge is 0.466 e. The second kappa shape index (κ2) is 8.37. The second-order valence-corrected chi connectivity index (χ2v) is 3.05. The van der Waals surface area contributed by atoms with Crippen molar-refractivity contribution in [1.29, 1.82) is 0 Å². The lowest BCUT2D eigenvalue weighted by molar-refractivity contribution is -0.136. The lowest BCUT2D eigenvalue weighted by Crippen LogP contribution is -2.02. The van der Waals surface area contributed by atoms with Gasteiger partial charge in [0.1, 0.15) is 0 Å². The Bertz CT molecular complexity index is 243. The monoisotopic (exact) mass is 194 g/mol. The van der Waals surface area contributed by atoms with Gasteiger partial charge in [0, 0.05) is 18.4 Å². The topological polar surface area (TPSA) is 26.3 Å². The Labute approximate surface area is 86.3 Å². The van der Waals surface area contributed by atoms with Gasteiger partial charge in [-0.15, -0.1) is 11.8 Å². The number of hydrogen-bond acceptors (Lipinski definition) is 2. The first-order valence-corrected chi connectivity index (χ1v) is 4.94. The zero-order valence-corrected chi connectivity index (χ0v) is 9.06. The molecule has 14 heavy (non-hydrogen) atoms. The first-order valence-electron chi connectivity index (χ1n) is 4.94. The first-order chi connectivity index (χ1) is 6.72. The minimum Gasteiger partial charge on any atom is -0.466 e. The molecule has 0 fully saturated rings. The van der Waals surface area contributed by atoms with Crippen molar-refractivity contribution in [3.05, 3.63) is 12.2 Å². The molecule has 0 bridgehead atoms. The van der Waals surface area contributed by atoms with Crippen molar-refractivity contribution in [2.24, 2.45) is 0 Å². The van der Waals surface area contributed by atoms with Crippen molar-refractivity contribution >= 4 is 5.97 Å². The number of unbranched alkanes of at least 4 members (excludes halogenated alkanes) is 2. The summed E-state index contributed by atoms with van der Waals surface area (Å²) >= 11 is 0. The Morgan fingerprint density at radius 1 is 1.36 bits per heavy atom. The van der Waals surface area contributed by atoms with Gasteiger partial charge in [-0.1, -0.05) is 19.9 Å². The van der Waals surface area contributed by atoms with Crippen molar-refractivity contribution in [2.45, 2.75) is 39.0 Å². The summed E-state index contributed by atoms with van der Waals surface area (Å²) in [6, 6.07) is 0. The predicted octanol–water partition coefficient (Wildman–Crippen LogP) is 2.69. The van der Waals surface area contributed by atoms with Gasteiger partial charge in [0.05, 0.1) is 7.11 Å². The summed E-state index contributed by atoms with van der Waals surface area (Å²) in [5, 5.41) is 0. The molecule has 0 amide bonds. The molecule has 0 spiro atoms. The van der Waals surface area contributed by atoms with E-state index in [1.807, 2.05) is 0 Å². The predicted molar refractivity (Wildman–Crippen MR) is 57.7 cm³/mol. The van der Waals surface area contributed by atoms with E-state index in [4.69, 9.17) is 0 Å². The number of methoxy groups -OCH3 is 1. The molecule has 0 aromatic rings. The van der Waals surface area contributed by atoms with Gasteiger partial charge >= 0.3 is 5.97 Å². The van der Waals surface area contributed by atoms with E-state index >= 15 is 0 Å². The summed E-state index contributed by atoms with van der Waals surface area (Å²) in [4.78, 5) is 10.9. The lowest BCUT2D eigenvalue weighted by atomic mass is 10.1. The van der Waals surface area contributed by atoms with Gasteiger partial charge in [-0.25, -0.2) is 4.79 Å². The van der Waals surface area contributed by atoms with Crippen LogP contribution in [0.25, 0.3) is 0 Å². The van der Waals surface area contributed by atoms with Crippen LogP contribution in [0.5, 0.6) is 0 Å². The summed E-state index contributed by atoms with van der Waals surface area (Å²) in [6.45, 7) is 5.76. The Hall–Kier alpha value is -1.23. The molecule has 2 heteroatoms. The maximum Gasteiger partial charge on any atom is 0.333 e. The van der Waals surface area contributed by atoms with E-state index in [1.54, 1.807) is 0 Å². The third kappa shape index (κ3) is 6.30. The molecule has 0 rings (SSSR count). The maximum atomic E-state index is 10.9. The van der Waals surface area contributed by atoms with Gasteiger partial charge in [-0.3, -0.25) is 0 Å². The van der Waals surface area contributed by atoms with Crippen molar-refractivity contribution in [3.8, 4) is 11.8 Å². The average molecular weight is 194 g/mol. The molecule has 0 aliphatic heterocycles. The van der Waals surface area contributed by atoms with Crippen LogP contribution in [0.15, 0.2) is 12.2 Å². The Kier molecular flexibility index (Phi) is 7.64. The van der Waals surface area contributed by atoms with Crippen LogP contribution < -0.4 is 0 Å². The van der Waals surface area contributed by atoms with Crippen LogP contribution in [-0.2, 0) is 9.53 Å². The van der Waals surface area contributed by atoms with Crippen LogP contribution in [0, 0.1) is 11.8 Å². The maximum absolute atomic E-state index is 10.9. The third-order valence-corrected chi connectivity index (χ3v) is 1.81. The van der Waals surface area contributed by atoms with Gasteiger partial charge in [-0.2, -0.15) is 0 Å². The molecule has 0 aliphatic rings. The van der Waals surface area contributed by atoms with E-state index in [1.165, 1.54) is 13.5 Å². The smallest absolute Gasteiger partial charge is 0.333 e. The van der Waals surface area contributed by atoms with Gasteiger partial charge in [-0.05, 0) is 12.8 Å². The van der Waals surface area contributed by atoms with E-state index < -0.39 is 0 Å². The average Bonchev–Trinajstić information content (AvgIpc) is 2.21. The highest BCUT2D eigenvalue weighted by Gasteiger charge is 2.03. The molecular weight excluding hydrogens is 176 g/mol. The Balaban J connectivity index is 3.56. The van der Waals surface area contributed by atoms with Crippen LogP contribution >= 0.6 is 0 Å². The van der Waals surface area contributed by atoms with Crippen LogP contribution in [-0.4, -0.2) is 13.1 Å². The summed E-state index contributed by atoms with van der Waals surface area (Å²) in [7, 11) is 1.36. The van der Waals surface area contributed by atoms with E-state index in [9.17, 15) is 4.79 Å². The molecule has 0 unspecified atom stereocenters. The van der Waals surface area contributed by atoms with E-state index in [0.717, 1.165) is 12.8 Å². The fraction of sp³-hybridized carbons (Fsp3) is 0.583. The zero-order chi connectivity index (χ0) is 10.8. The van der Waals surface area contributed by atoms with Gasteiger partial charge in [0.2, 0.25) is 0 Å². The third-order valence-electron chi connectivity index (χ3n) is 1.81. The van der Waals surface area contributed by atoms with Crippen LogP contribution in [0.3, 0.4) is 0 Å². The highest BCUT2D eigenvalue weighted by molar-refractivity contribution is 5.87. The molecule has 0 N–H and O–H groups in total. The Morgan fingerprint density at radius 3 is 2.57 bits per heavy atom. The normalized spacial score (nSPS) is 8.71. The molecule has 0 aromatic carbocycles. The zero-order valence-electron chi connectivity index (χ0n) is 9.06. The van der Waals surface area contributed by atoms with Gasteiger partial charge in [0.15, 0.2) is 0 Å². The summed E-state index contributed by atoms with van der Waals surface area (Å²) in [5.74, 6) is 5.73.